The molecule has 1 aliphatic rings. The number of rotatable bonds is 8. The van der Waals surface area contributed by atoms with Gasteiger partial charge < -0.3 is 9.84 Å². The second-order valence-corrected chi connectivity index (χ2v) is 4.84. The third kappa shape index (κ3) is 3.19. The number of hydrogen-bond acceptors (Lipinski definition) is 3. The minimum atomic E-state index is -0.861. The van der Waals surface area contributed by atoms with Gasteiger partial charge in [0.25, 0.3) is 0 Å². The highest BCUT2D eigenvalue weighted by Gasteiger charge is 2.51. The van der Waals surface area contributed by atoms with Crippen LogP contribution in [-0.4, -0.2) is 35.9 Å². The summed E-state index contributed by atoms with van der Waals surface area (Å²) < 4.78 is 5.52. The average Bonchev–Trinajstić information content (AvgIpc) is 3.01. The normalized spacial score (nSPS) is 19.8. The van der Waals surface area contributed by atoms with Crippen LogP contribution in [0.25, 0.3) is 0 Å². The maximum atomic E-state index is 11.5. The van der Waals surface area contributed by atoms with Crippen LogP contribution in [0.5, 0.6) is 0 Å². The molecule has 16 heavy (non-hydrogen) atoms. The number of carboxylic acid groups (broad SMARTS) is 1. The van der Waals surface area contributed by atoms with Crippen molar-refractivity contribution in [2.75, 3.05) is 13.2 Å². The summed E-state index contributed by atoms with van der Waals surface area (Å²) in [4.78, 5) is 11.5. The summed E-state index contributed by atoms with van der Waals surface area (Å²) in [7, 11) is 0. The summed E-state index contributed by atoms with van der Waals surface area (Å²) in [6, 6.07) is 0. The Kier molecular flexibility index (Phi) is 4.74. The van der Waals surface area contributed by atoms with Crippen molar-refractivity contribution in [2.24, 2.45) is 5.92 Å². The third-order valence-electron chi connectivity index (χ3n) is 2.99. The number of hydrogen-bond donors (Lipinski definition) is 2. The van der Waals surface area contributed by atoms with Crippen molar-refractivity contribution in [2.45, 2.75) is 51.7 Å². The molecule has 1 atom stereocenters. The van der Waals surface area contributed by atoms with Gasteiger partial charge in [-0.25, -0.2) is 0 Å². The van der Waals surface area contributed by atoms with Gasteiger partial charge in [-0.3, -0.25) is 10.1 Å². The van der Waals surface area contributed by atoms with E-state index in [2.05, 4.69) is 5.32 Å². The Morgan fingerprint density at radius 3 is 2.56 bits per heavy atom. The fourth-order valence-corrected chi connectivity index (χ4v) is 1.85. The molecular formula is C12H23NO3. The van der Waals surface area contributed by atoms with Gasteiger partial charge in [0.1, 0.15) is 5.54 Å². The van der Waals surface area contributed by atoms with Gasteiger partial charge in [-0.15, -0.1) is 0 Å². The molecule has 0 aromatic rings. The van der Waals surface area contributed by atoms with E-state index in [9.17, 15) is 9.90 Å². The molecule has 1 aliphatic carbocycles. The van der Waals surface area contributed by atoms with Gasteiger partial charge in [0.2, 0.25) is 0 Å². The van der Waals surface area contributed by atoms with Crippen molar-refractivity contribution < 1.29 is 14.6 Å². The standard InChI is InChI=1S/C12H23NO3/c1-4-7-13-12(11(14)15,10-5-6-10)8-16-9(2)3/h9-10,13H,4-8H2,1-3H3,(H,14,15). The molecule has 1 saturated carbocycles. The zero-order valence-corrected chi connectivity index (χ0v) is 10.5. The molecule has 0 aliphatic heterocycles. The second kappa shape index (κ2) is 5.64. The predicted octanol–water partition coefficient (Wildman–Crippen LogP) is 1.64. The maximum absolute atomic E-state index is 11.5. The lowest BCUT2D eigenvalue weighted by Gasteiger charge is -2.31. The molecule has 0 aromatic carbocycles. The van der Waals surface area contributed by atoms with Crippen molar-refractivity contribution in [3.8, 4) is 0 Å². The number of nitrogens with one attached hydrogen (secondary N) is 1. The van der Waals surface area contributed by atoms with E-state index in [0.717, 1.165) is 25.8 Å². The van der Waals surface area contributed by atoms with Crippen LogP contribution in [0.3, 0.4) is 0 Å². The molecule has 2 N–H and O–H groups in total. The highest BCUT2D eigenvalue weighted by molar-refractivity contribution is 5.80. The molecule has 1 unspecified atom stereocenters. The van der Waals surface area contributed by atoms with Gasteiger partial charge in [-0.1, -0.05) is 6.92 Å². The summed E-state index contributed by atoms with van der Waals surface area (Å²) in [6.07, 6.45) is 2.99. The molecule has 0 bridgehead atoms. The first-order valence-electron chi connectivity index (χ1n) is 6.13. The number of carbonyl (C=O) groups is 1. The monoisotopic (exact) mass is 229 g/mol. The molecular weight excluding hydrogens is 206 g/mol. The molecule has 0 amide bonds. The quantitative estimate of drug-likeness (QED) is 0.664. The van der Waals surface area contributed by atoms with Gasteiger partial charge in [-0.05, 0) is 45.6 Å². The van der Waals surface area contributed by atoms with Gasteiger partial charge >= 0.3 is 5.97 Å². The van der Waals surface area contributed by atoms with Crippen molar-refractivity contribution >= 4 is 5.97 Å². The summed E-state index contributed by atoms with van der Waals surface area (Å²) in [6.45, 7) is 6.89. The summed E-state index contributed by atoms with van der Waals surface area (Å²) in [5, 5.41) is 12.6. The Balaban J connectivity index is 2.66. The Hall–Kier alpha value is -0.610. The van der Waals surface area contributed by atoms with Gasteiger partial charge in [-0.2, -0.15) is 0 Å². The smallest absolute Gasteiger partial charge is 0.326 e. The number of aliphatic carboxylic acids is 1. The molecule has 1 rings (SSSR count). The Morgan fingerprint density at radius 2 is 2.19 bits per heavy atom. The van der Waals surface area contributed by atoms with Crippen molar-refractivity contribution in [3.63, 3.8) is 0 Å². The van der Waals surface area contributed by atoms with E-state index in [1.54, 1.807) is 0 Å². The van der Waals surface area contributed by atoms with Crippen LogP contribution < -0.4 is 5.32 Å². The second-order valence-electron chi connectivity index (χ2n) is 4.84. The van der Waals surface area contributed by atoms with Gasteiger partial charge in [0.05, 0.1) is 12.7 Å². The predicted molar refractivity (Wildman–Crippen MR) is 62.5 cm³/mol. The Bertz CT molecular complexity index is 238. The minimum absolute atomic E-state index is 0.0703. The zero-order valence-electron chi connectivity index (χ0n) is 10.5. The fraction of sp³-hybridized carbons (Fsp3) is 0.917. The van der Waals surface area contributed by atoms with Gasteiger partial charge in [0, 0.05) is 0 Å². The lowest BCUT2D eigenvalue weighted by Crippen LogP contribution is -2.58. The highest BCUT2D eigenvalue weighted by atomic mass is 16.5. The highest BCUT2D eigenvalue weighted by Crippen LogP contribution is 2.40. The van der Waals surface area contributed by atoms with Crippen LogP contribution >= 0.6 is 0 Å². The summed E-state index contributed by atoms with van der Waals surface area (Å²) in [5.74, 6) is -0.542. The summed E-state index contributed by atoms with van der Waals surface area (Å²) >= 11 is 0. The van der Waals surface area contributed by atoms with E-state index in [1.165, 1.54) is 0 Å². The fourth-order valence-electron chi connectivity index (χ4n) is 1.85. The SMILES string of the molecule is CCCNC(COC(C)C)(C(=O)O)C1CC1. The molecule has 94 valence electrons. The van der Waals surface area contributed by atoms with Crippen molar-refractivity contribution in [1.82, 2.24) is 5.32 Å². The molecule has 0 saturated heterocycles. The van der Waals surface area contributed by atoms with Crippen LogP contribution in [0.2, 0.25) is 0 Å². The molecule has 0 radical (unpaired) electrons. The van der Waals surface area contributed by atoms with Crippen LogP contribution in [0.4, 0.5) is 0 Å². The first-order valence-corrected chi connectivity index (χ1v) is 6.13. The first kappa shape index (κ1) is 13.5. The van der Waals surface area contributed by atoms with E-state index in [1.807, 2.05) is 20.8 Å². The topological polar surface area (TPSA) is 58.6 Å². The van der Waals surface area contributed by atoms with Crippen LogP contribution in [0.15, 0.2) is 0 Å². The van der Waals surface area contributed by atoms with E-state index in [-0.39, 0.29) is 18.6 Å². The Morgan fingerprint density at radius 1 is 1.56 bits per heavy atom. The maximum Gasteiger partial charge on any atom is 0.326 e. The average molecular weight is 229 g/mol. The summed E-state index contributed by atoms with van der Waals surface area (Å²) in [5.41, 5.74) is -0.861. The number of carboxylic acids is 1. The lowest BCUT2D eigenvalue weighted by molar-refractivity contribution is -0.150. The molecule has 4 nitrogen and oxygen atoms in total. The van der Waals surface area contributed by atoms with Gasteiger partial charge in [0.15, 0.2) is 0 Å². The van der Waals surface area contributed by atoms with E-state index < -0.39 is 11.5 Å². The van der Waals surface area contributed by atoms with Crippen molar-refractivity contribution in [3.05, 3.63) is 0 Å². The zero-order chi connectivity index (χ0) is 12.2. The molecule has 4 heteroatoms. The third-order valence-corrected chi connectivity index (χ3v) is 2.99. The van der Waals surface area contributed by atoms with Crippen LogP contribution in [0, 0.1) is 5.92 Å². The number of ether oxygens (including phenoxy) is 1. The molecule has 0 spiro atoms. The molecule has 0 heterocycles. The van der Waals surface area contributed by atoms with E-state index in [4.69, 9.17) is 4.74 Å². The molecule has 0 aromatic heterocycles. The van der Waals surface area contributed by atoms with Crippen molar-refractivity contribution in [1.29, 1.82) is 0 Å². The molecule has 1 fully saturated rings. The first-order chi connectivity index (χ1) is 7.53. The minimum Gasteiger partial charge on any atom is -0.480 e. The Labute approximate surface area is 97.4 Å². The lowest BCUT2D eigenvalue weighted by atomic mass is 9.94. The van der Waals surface area contributed by atoms with Crippen LogP contribution in [0.1, 0.15) is 40.0 Å². The van der Waals surface area contributed by atoms with E-state index in [0.29, 0.717) is 0 Å². The largest absolute Gasteiger partial charge is 0.480 e. The van der Waals surface area contributed by atoms with Crippen LogP contribution in [-0.2, 0) is 9.53 Å². The van der Waals surface area contributed by atoms with E-state index >= 15 is 0 Å².